The summed E-state index contributed by atoms with van der Waals surface area (Å²) in [6.07, 6.45) is 4.22. The number of aromatic nitrogens is 2. The Balaban J connectivity index is 1.56. The fourth-order valence-corrected chi connectivity index (χ4v) is 7.85. The van der Waals surface area contributed by atoms with Crippen molar-refractivity contribution < 1.29 is 13.2 Å². The van der Waals surface area contributed by atoms with Gasteiger partial charge in [-0.05, 0) is 67.5 Å². The molecule has 0 saturated carbocycles. The van der Waals surface area contributed by atoms with Gasteiger partial charge in [-0.2, -0.15) is 4.31 Å². The molecule has 1 N–H and O–H groups in total. The molecule has 0 radical (unpaired) electrons. The van der Waals surface area contributed by atoms with E-state index in [0.717, 1.165) is 28.1 Å². The van der Waals surface area contributed by atoms with Gasteiger partial charge < -0.3 is 14.8 Å². The van der Waals surface area contributed by atoms with Crippen LogP contribution in [0.5, 0.6) is 0 Å². The molecule has 1 atom stereocenters. The number of hydrogen-bond acceptors (Lipinski definition) is 6. The highest BCUT2D eigenvalue weighted by Gasteiger charge is 2.38. The molecule has 4 aromatic rings. The molecule has 0 saturated heterocycles. The summed E-state index contributed by atoms with van der Waals surface area (Å²) in [5, 5.41) is 4.69. The molecule has 0 bridgehead atoms. The number of hydrogen-bond donors (Lipinski definition) is 1. The van der Waals surface area contributed by atoms with E-state index in [1.54, 1.807) is 23.8 Å². The molecular weight excluding hydrogens is 542 g/mol. The Morgan fingerprint density at radius 2 is 1.88 bits per heavy atom. The second-order valence-electron chi connectivity index (χ2n) is 11.3. The van der Waals surface area contributed by atoms with Crippen LogP contribution < -0.4 is 10.2 Å². The summed E-state index contributed by atoms with van der Waals surface area (Å²) < 4.78 is 31.5. The van der Waals surface area contributed by atoms with E-state index in [-0.39, 0.29) is 16.7 Å². The van der Waals surface area contributed by atoms with Crippen LogP contribution in [0.4, 0.5) is 5.69 Å². The van der Waals surface area contributed by atoms with Gasteiger partial charge in [-0.3, -0.25) is 4.79 Å². The second-order valence-corrected chi connectivity index (χ2v) is 14.3. The van der Waals surface area contributed by atoms with Crippen molar-refractivity contribution in [2.24, 2.45) is 7.05 Å². The Kier molecular flexibility index (Phi) is 7.85. The SMILES string of the molecule is Cn1cnc(CN2CC(N(CC(=O)NC(C)(C)C)S(=O)(=O)c3cccs3)Cc3cc(-c4ccccc4)ccc32)c1. The lowest BCUT2D eigenvalue weighted by Crippen LogP contribution is -2.54. The number of fused-ring (bicyclic) bond motifs is 1. The summed E-state index contributed by atoms with van der Waals surface area (Å²) >= 11 is 1.17. The molecular formula is C30H35N5O3S2. The molecule has 8 nitrogen and oxygen atoms in total. The number of sulfonamides is 1. The van der Waals surface area contributed by atoms with Gasteiger partial charge in [-0.25, -0.2) is 13.4 Å². The van der Waals surface area contributed by atoms with Crippen LogP contribution in [0.3, 0.4) is 0 Å². The fraction of sp³-hybridized carbons (Fsp3) is 0.333. The highest BCUT2D eigenvalue weighted by Crippen LogP contribution is 2.35. The van der Waals surface area contributed by atoms with Crippen molar-refractivity contribution in [2.75, 3.05) is 18.0 Å². The molecule has 1 amide bonds. The molecule has 0 fully saturated rings. The van der Waals surface area contributed by atoms with Crippen LogP contribution in [0, 0.1) is 0 Å². The monoisotopic (exact) mass is 577 g/mol. The second kappa shape index (κ2) is 11.2. The maximum atomic E-state index is 14.0. The summed E-state index contributed by atoms with van der Waals surface area (Å²) in [6, 6.07) is 19.4. The summed E-state index contributed by atoms with van der Waals surface area (Å²) in [6.45, 7) is 6.36. The lowest BCUT2D eigenvalue weighted by atomic mass is 9.93. The Bertz CT molecular complexity index is 1580. The van der Waals surface area contributed by atoms with E-state index in [1.807, 2.05) is 56.8 Å². The van der Waals surface area contributed by atoms with Crippen molar-refractivity contribution in [3.8, 4) is 11.1 Å². The topological polar surface area (TPSA) is 87.5 Å². The number of aryl methyl sites for hydroxylation is 1. The minimum Gasteiger partial charge on any atom is -0.364 e. The first-order valence-electron chi connectivity index (χ1n) is 13.3. The number of anilines is 1. The average molecular weight is 578 g/mol. The minimum atomic E-state index is -3.92. The van der Waals surface area contributed by atoms with Gasteiger partial charge in [0, 0.05) is 37.1 Å². The van der Waals surface area contributed by atoms with Gasteiger partial charge in [0.25, 0.3) is 10.0 Å². The number of amides is 1. The molecule has 1 aliphatic heterocycles. The number of benzene rings is 2. The van der Waals surface area contributed by atoms with E-state index in [4.69, 9.17) is 0 Å². The van der Waals surface area contributed by atoms with Gasteiger partial charge in [-0.1, -0.05) is 42.5 Å². The third-order valence-corrected chi connectivity index (χ3v) is 10.1. The first kappa shape index (κ1) is 28.1. The number of imidazole rings is 1. The Hall–Kier alpha value is -3.47. The van der Waals surface area contributed by atoms with E-state index in [0.29, 0.717) is 19.5 Å². The van der Waals surface area contributed by atoms with Crippen molar-refractivity contribution in [3.63, 3.8) is 0 Å². The molecule has 210 valence electrons. The quantitative estimate of drug-likeness (QED) is 0.329. The van der Waals surface area contributed by atoms with E-state index < -0.39 is 21.6 Å². The van der Waals surface area contributed by atoms with Crippen molar-refractivity contribution in [3.05, 3.63) is 89.8 Å². The molecule has 0 spiro atoms. The maximum absolute atomic E-state index is 14.0. The van der Waals surface area contributed by atoms with Crippen LogP contribution in [-0.4, -0.2) is 52.9 Å². The van der Waals surface area contributed by atoms with Gasteiger partial charge in [0.2, 0.25) is 5.91 Å². The third-order valence-electron chi connectivity index (χ3n) is 6.80. The van der Waals surface area contributed by atoms with E-state index in [2.05, 4.69) is 45.5 Å². The minimum absolute atomic E-state index is 0.233. The summed E-state index contributed by atoms with van der Waals surface area (Å²) in [4.78, 5) is 19.9. The lowest BCUT2D eigenvalue weighted by Gasteiger charge is -2.40. The predicted molar refractivity (Wildman–Crippen MR) is 160 cm³/mol. The van der Waals surface area contributed by atoms with E-state index >= 15 is 0 Å². The van der Waals surface area contributed by atoms with Crippen LogP contribution in [0.15, 0.2) is 82.8 Å². The highest BCUT2D eigenvalue weighted by molar-refractivity contribution is 7.91. The molecule has 1 unspecified atom stereocenters. The Labute approximate surface area is 240 Å². The Morgan fingerprint density at radius 3 is 2.52 bits per heavy atom. The molecule has 40 heavy (non-hydrogen) atoms. The molecule has 5 rings (SSSR count). The van der Waals surface area contributed by atoms with Crippen molar-refractivity contribution in [2.45, 2.75) is 49.5 Å². The van der Waals surface area contributed by atoms with Crippen LogP contribution in [0.25, 0.3) is 11.1 Å². The number of carbonyl (C=O) groups is 1. The van der Waals surface area contributed by atoms with Gasteiger partial charge in [0.1, 0.15) is 4.21 Å². The van der Waals surface area contributed by atoms with Crippen molar-refractivity contribution in [1.82, 2.24) is 19.2 Å². The largest absolute Gasteiger partial charge is 0.364 e. The van der Waals surface area contributed by atoms with Gasteiger partial charge >= 0.3 is 0 Å². The van der Waals surface area contributed by atoms with Gasteiger partial charge in [0.15, 0.2) is 0 Å². The molecule has 3 heterocycles. The van der Waals surface area contributed by atoms with E-state index in [9.17, 15) is 13.2 Å². The number of nitrogens with one attached hydrogen (secondary N) is 1. The zero-order valence-electron chi connectivity index (χ0n) is 23.2. The molecule has 10 heteroatoms. The summed E-state index contributed by atoms with van der Waals surface area (Å²) in [5.41, 5.74) is 4.65. The fourth-order valence-electron chi connectivity index (χ4n) is 5.16. The number of carbonyl (C=O) groups excluding carboxylic acids is 1. The molecule has 2 aromatic heterocycles. The number of rotatable bonds is 8. The van der Waals surface area contributed by atoms with Crippen LogP contribution >= 0.6 is 11.3 Å². The van der Waals surface area contributed by atoms with E-state index in [1.165, 1.54) is 15.6 Å². The van der Waals surface area contributed by atoms with Crippen molar-refractivity contribution >= 4 is 33.0 Å². The van der Waals surface area contributed by atoms with Crippen molar-refractivity contribution in [1.29, 1.82) is 0 Å². The number of thiophene rings is 1. The van der Waals surface area contributed by atoms with Crippen LogP contribution in [0.1, 0.15) is 32.0 Å². The first-order valence-corrected chi connectivity index (χ1v) is 15.6. The molecule has 1 aliphatic rings. The lowest BCUT2D eigenvalue weighted by molar-refractivity contribution is -0.123. The zero-order valence-corrected chi connectivity index (χ0v) is 24.9. The average Bonchev–Trinajstić information content (AvgIpc) is 3.59. The van der Waals surface area contributed by atoms with Crippen LogP contribution in [0.2, 0.25) is 0 Å². The standard InChI is InChI=1S/C30H35N5O3S2/c1-30(2,3)32-28(36)20-35(40(37,38)29-11-8-14-39-29)26-16-24-15-23(22-9-6-5-7-10-22)12-13-27(24)34(19-26)18-25-17-33(4)21-31-25/h5-15,17,21,26H,16,18-20H2,1-4H3,(H,32,36). The summed E-state index contributed by atoms with van der Waals surface area (Å²) in [7, 11) is -1.99. The zero-order chi connectivity index (χ0) is 28.5. The molecule has 2 aromatic carbocycles. The number of nitrogens with zero attached hydrogens (tertiary/aromatic N) is 4. The molecule has 0 aliphatic carbocycles. The van der Waals surface area contributed by atoms with Crippen LogP contribution in [-0.2, 0) is 34.8 Å². The predicted octanol–water partition coefficient (Wildman–Crippen LogP) is 4.69. The highest BCUT2D eigenvalue weighted by atomic mass is 32.2. The summed E-state index contributed by atoms with van der Waals surface area (Å²) in [5.74, 6) is -0.326. The maximum Gasteiger partial charge on any atom is 0.253 e. The third kappa shape index (κ3) is 6.29. The normalized spacial score (nSPS) is 15.7. The Morgan fingerprint density at radius 1 is 1.10 bits per heavy atom. The smallest absolute Gasteiger partial charge is 0.253 e. The first-order chi connectivity index (χ1) is 19.0. The van der Waals surface area contributed by atoms with Gasteiger partial charge in [-0.15, -0.1) is 11.3 Å². The van der Waals surface area contributed by atoms with Gasteiger partial charge in [0.05, 0.1) is 25.1 Å².